The zero-order valence-electron chi connectivity index (χ0n) is 28.3. The lowest BCUT2D eigenvalue weighted by Crippen LogP contribution is -2.72. The van der Waals surface area contributed by atoms with Gasteiger partial charge in [-0.1, -0.05) is 16.8 Å². The molecule has 6 rings (SSSR count). The number of oxime groups is 1. The van der Waals surface area contributed by atoms with E-state index >= 15 is 0 Å². The van der Waals surface area contributed by atoms with Crippen molar-refractivity contribution in [3.05, 3.63) is 45.8 Å². The van der Waals surface area contributed by atoms with Gasteiger partial charge in [-0.2, -0.15) is 4.98 Å². The largest absolute Gasteiger partial charge is 0.543 e. The van der Waals surface area contributed by atoms with E-state index in [1.54, 1.807) is 0 Å². The number of anilines is 2. The number of hydrogen-bond donors (Lipinski definition) is 6. The van der Waals surface area contributed by atoms with E-state index in [9.17, 15) is 39.6 Å². The van der Waals surface area contributed by atoms with Gasteiger partial charge in [-0.05, 0) is 26.0 Å². The summed E-state index contributed by atoms with van der Waals surface area (Å²) in [4.78, 5) is 65.7. The number of amides is 2. The maximum Gasteiger partial charge on any atom is 0.350 e. The Labute approximate surface area is 314 Å². The fraction of sp³-hybridized carbons (Fsp3) is 0.406. The minimum atomic E-state index is -1.79. The molecule has 2 fully saturated rings. The van der Waals surface area contributed by atoms with Gasteiger partial charge in [0, 0.05) is 29.5 Å². The summed E-state index contributed by atoms with van der Waals surface area (Å²) in [6.07, 6.45) is 3.26. The lowest BCUT2D eigenvalue weighted by molar-refractivity contribution is -0.910. The van der Waals surface area contributed by atoms with Gasteiger partial charge in [-0.15, -0.1) is 23.1 Å². The number of likely N-dealkylation sites (tertiary alicyclic amines) is 1. The highest BCUT2D eigenvalue weighted by atomic mass is 35.5. The third kappa shape index (κ3) is 7.57. The van der Waals surface area contributed by atoms with Crippen molar-refractivity contribution in [2.75, 3.05) is 49.5 Å². The Morgan fingerprint density at radius 3 is 2.64 bits per heavy atom. The second kappa shape index (κ2) is 14.8. The number of carbonyl (C=O) groups is 4. The van der Waals surface area contributed by atoms with Crippen LogP contribution in [0.1, 0.15) is 32.4 Å². The van der Waals surface area contributed by atoms with E-state index in [1.165, 1.54) is 49.4 Å². The van der Waals surface area contributed by atoms with Crippen molar-refractivity contribution < 1.29 is 53.3 Å². The number of phenols is 2. The van der Waals surface area contributed by atoms with Gasteiger partial charge in [0.1, 0.15) is 29.9 Å². The molecule has 7 N–H and O–H groups in total. The molecule has 2 amide bonds. The minimum absolute atomic E-state index is 0.00357. The fourth-order valence-electron chi connectivity index (χ4n) is 6.29. The van der Waals surface area contributed by atoms with E-state index in [0.717, 1.165) is 42.2 Å². The molecular formula is C32H35ClN8O10S2. The van der Waals surface area contributed by atoms with E-state index in [-0.39, 0.29) is 38.9 Å². The van der Waals surface area contributed by atoms with Gasteiger partial charge in [0.25, 0.3) is 11.8 Å². The van der Waals surface area contributed by atoms with Gasteiger partial charge in [0.05, 0.1) is 48.4 Å². The molecule has 0 unspecified atom stereocenters. The van der Waals surface area contributed by atoms with Crippen LogP contribution in [0.15, 0.2) is 44.6 Å². The number of thioether (sulfide) groups is 1. The Balaban J connectivity index is 1.14. The average molecular weight is 791 g/mol. The SMILES string of the molecule is CC(C)(O/N=C(\C(=O)N[C@@H]1C(=O)N2C(C(=O)[O-])=C(C[N+]3(CCNc4coc(-c5ccc(O)c(O)c5Cl)n4)CCCC3)CS[C@H]12)c1csc(N)n1)C(=O)O. The van der Waals surface area contributed by atoms with Crippen molar-refractivity contribution in [3.8, 4) is 23.0 Å². The van der Waals surface area contributed by atoms with E-state index in [1.807, 2.05) is 0 Å². The molecule has 18 nitrogen and oxygen atoms in total. The Bertz CT molecular complexity index is 2030. The molecule has 5 heterocycles. The highest BCUT2D eigenvalue weighted by Gasteiger charge is 2.54. The maximum atomic E-state index is 13.5. The van der Waals surface area contributed by atoms with Crippen LogP contribution in [-0.4, -0.2) is 120 Å². The van der Waals surface area contributed by atoms with Crippen LogP contribution in [0.4, 0.5) is 10.9 Å². The van der Waals surface area contributed by atoms with Gasteiger partial charge < -0.3 is 55.3 Å². The van der Waals surface area contributed by atoms with Gasteiger partial charge in [0.2, 0.25) is 11.5 Å². The molecule has 2 atom stereocenters. The third-order valence-electron chi connectivity index (χ3n) is 9.15. The van der Waals surface area contributed by atoms with Crippen LogP contribution in [0.2, 0.25) is 5.02 Å². The number of carboxylic acid groups (broad SMARTS) is 2. The standard InChI is InChI=1S/C32H35ClN8O10S2/c1-32(2,30(48)49)51-39-21(17-14-53-31(34)36-17)25(44)38-22-27(45)40-23(29(46)47)15(13-52-28(22)40)11-41(8-3-4-9-41)10-7-35-19-12-50-26(37-19)16-5-6-18(42)24(43)20(16)33/h5-6,12,14,22,28,35H,3-4,7-11,13H2,1-2H3,(H6-,34,36,37,38,39,42,43,44,46,47,48,49)/t22-,28-/m1/s1. The predicted octanol–water partition coefficient (Wildman–Crippen LogP) is 1.16. The fourth-order valence-corrected chi connectivity index (χ4v) is 8.42. The zero-order valence-corrected chi connectivity index (χ0v) is 30.7. The van der Waals surface area contributed by atoms with E-state index in [2.05, 4.69) is 25.8 Å². The number of oxazole rings is 1. The molecule has 282 valence electrons. The number of phenolic OH excluding ortho intramolecular Hbond substituents is 2. The molecular weight excluding hydrogens is 756 g/mol. The number of β-lactam (4-membered cyclic amide) rings is 1. The molecule has 21 heteroatoms. The number of benzene rings is 1. The van der Waals surface area contributed by atoms with Crippen LogP contribution in [0.5, 0.6) is 11.5 Å². The Morgan fingerprint density at radius 1 is 1.25 bits per heavy atom. The number of nitrogens with zero attached hydrogens (tertiary/aromatic N) is 5. The lowest BCUT2D eigenvalue weighted by Gasteiger charge is -2.51. The Hall–Kier alpha value is -5.05. The summed E-state index contributed by atoms with van der Waals surface area (Å²) in [7, 11) is 0. The predicted molar refractivity (Wildman–Crippen MR) is 191 cm³/mol. The second-order valence-corrected chi connectivity index (χ2v) is 15.5. The number of aromatic nitrogens is 2. The molecule has 3 aliphatic rings. The molecule has 0 spiro atoms. The number of rotatable bonds is 14. The molecule has 1 aromatic carbocycles. The number of fused-ring (bicyclic) bond motifs is 1. The van der Waals surface area contributed by atoms with Crippen molar-refractivity contribution in [2.45, 2.75) is 43.7 Å². The number of aliphatic carboxylic acids is 2. The Morgan fingerprint density at radius 2 is 1.98 bits per heavy atom. The first kappa shape index (κ1) is 37.7. The third-order valence-corrected chi connectivity index (χ3v) is 11.5. The molecule has 0 saturated carbocycles. The number of hydrogen-bond acceptors (Lipinski definition) is 16. The van der Waals surface area contributed by atoms with Crippen LogP contribution in [0.25, 0.3) is 11.5 Å². The highest BCUT2D eigenvalue weighted by molar-refractivity contribution is 8.00. The van der Waals surface area contributed by atoms with Gasteiger partial charge in [-0.3, -0.25) is 14.5 Å². The first-order chi connectivity index (χ1) is 25.1. The van der Waals surface area contributed by atoms with Crippen molar-refractivity contribution >= 4 is 75.1 Å². The van der Waals surface area contributed by atoms with Gasteiger partial charge in [0.15, 0.2) is 28.2 Å². The van der Waals surface area contributed by atoms with Crippen molar-refractivity contribution in [3.63, 3.8) is 0 Å². The topological polar surface area (TPSA) is 266 Å². The maximum absolute atomic E-state index is 13.5. The van der Waals surface area contributed by atoms with Crippen LogP contribution >= 0.6 is 34.7 Å². The number of nitrogen functional groups attached to an aromatic ring is 1. The first-order valence-corrected chi connectivity index (χ1v) is 18.6. The molecule has 0 radical (unpaired) electrons. The number of halogens is 1. The summed E-state index contributed by atoms with van der Waals surface area (Å²) in [6, 6.07) is 1.62. The number of quaternary nitrogens is 1. The summed E-state index contributed by atoms with van der Waals surface area (Å²) < 4.78 is 6.09. The van der Waals surface area contributed by atoms with Crippen LogP contribution in [0, 0.1) is 0 Å². The average Bonchev–Trinajstić information content (AvgIpc) is 3.88. The number of nitrogens with two attached hydrogens (primary N) is 1. The number of carboxylic acids is 2. The molecule has 2 aromatic heterocycles. The van der Waals surface area contributed by atoms with Crippen LogP contribution < -0.4 is 21.5 Å². The molecule has 3 aliphatic heterocycles. The van der Waals surface area contributed by atoms with Crippen molar-refractivity contribution in [1.29, 1.82) is 0 Å². The van der Waals surface area contributed by atoms with Crippen LogP contribution in [0.3, 0.4) is 0 Å². The normalized spacial score (nSPS) is 19.8. The summed E-state index contributed by atoms with van der Waals surface area (Å²) >= 11 is 8.47. The molecule has 53 heavy (non-hydrogen) atoms. The first-order valence-electron chi connectivity index (χ1n) is 16.3. The minimum Gasteiger partial charge on any atom is -0.543 e. The molecule has 0 aliphatic carbocycles. The molecule has 0 bridgehead atoms. The second-order valence-electron chi connectivity index (χ2n) is 13.2. The lowest BCUT2D eigenvalue weighted by atomic mass is 10.0. The molecule has 2 saturated heterocycles. The Kier molecular flexibility index (Phi) is 10.5. The van der Waals surface area contributed by atoms with Gasteiger partial charge in [-0.25, -0.2) is 9.78 Å². The smallest absolute Gasteiger partial charge is 0.350 e. The summed E-state index contributed by atoms with van der Waals surface area (Å²) in [5, 5.41) is 51.9. The number of thiazole rings is 1. The summed E-state index contributed by atoms with van der Waals surface area (Å²) in [5.74, 6) is -4.43. The van der Waals surface area contributed by atoms with Crippen molar-refractivity contribution in [2.24, 2.45) is 5.16 Å². The van der Waals surface area contributed by atoms with Crippen molar-refractivity contribution in [1.82, 2.24) is 20.2 Å². The monoisotopic (exact) mass is 790 g/mol. The number of aromatic hydroxyl groups is 2. The quantitative estimate of drug-likeness (QED) is 0.0440. The zero-order chi connectivity index (χ0) is 38.2. The van der Waals surface area contributed by atoms with Crippen LogP contribution in [-0.2, 0) is 24.0 Å². The summed E-state index contributed by atoms with van der Waals surface area (Å²) in [5.41, 5.74) is 4.16. The molecule has 3 aromatic rings. The number of carbonyl (C=O) groups excluding carboxylic acids is 3. The van der Waals surface area contributed by atoms with E-state index < -0.39 is 52.2 Å². The highest BCUT2D eigenvalue weighted by Crippen LogP contribution is 2.42. The van der Waals surface area contributed by atoms with E-state index in [0.29, 0.717) is 41.1 Å². The summed E-state index contributed by atoms with van der Waals surface area (Å²) in [6.45, 7) is 5.44. The number of nitrogens with one attached hydrogen (secondary N) is 2. The van der Waals surface area contributed by atoms with E-state index in [4.69, 9.17) is 26.6 Å². The van der Waals surface area contributed by atoms with Gasteiger partial charge >= 0.3 is 5.97 Å².